The van der Waals surface area contributed by atoms with Crippen LogP contribution in [0.4, 0.5) is 4.39 Å². The number of fused-ring (bicyclic) bond motifs is 2. The topological polar surface area (TPSA) is 106 Å². The molecule has 1 saturated heterocycles. The molecule has 2 aromatic carbocycles. The Morgan fingerprint density at radius 2 is 1.82 bits per heavy atom. The summed E-state index contributed by atoms with van der Waals surface area (Å²) in [5, 5.41) is 12.0. The van der Waals surface area contributed by atoms with Crippen molar-refractivity contribution in [2.24, 2.45) is 0 Å². The number of benzene rings is 2. The third kappa shape index (κ3) is 4.68. The van der Waals surface area contributed by atoms with Crippen LogP contribution < -0.4 is 5.32 Å². The molecular formula is C28H24FN7O2. The second-order valence-electron chi connectivity index (χ2n) is 9.28. The van der Waals surface area contributed by atoms with E-state index in [4.69, 9.17) is 4.98 Å². The lowest BCUT2D eigenvalue weighted by molar-refractivity contribution is -0.129. The molecule has 0 aliphatic carbocycles. The number of likely N-dealkylation sites (tertiary alicyclic amines) is 1. The molecule has 0 saturated carbocycles. The Hall–Kier alpha value is -4.73. The minimum Gasteiger partial charge on any atom is -0.343 e. The summed E-state index contributed by atoms with van der Waals surface area (Å²) in [6.07, 6.45) is 3.69. The highest BCUT2D eigenvalue weighted by Crippen LogP contribution is 2.23. The van der Waals surface area contributed by atoms with Crippen LogP contribution in [0.2, 0.25) is 0 Å². The fraction of sp³-hybridized carbons (Fsp3) is 0.214. The molecule has 5 aromatic rings. The monoisotopic (exact) mass is 509 g/mol. The lowest BCUT2D eigenvalue weighted by Gasteiger charge is -2.15. The Balaban J connectivity index is 1.21. The van der Waals surface area contributed by atoms with Crippen molar-refractivity contribution in [3.05, 3.63) is 83.8 Å². The highest BCUT2D eigenvalue weighted by atomic mass is 19.1. The van der Waals surface area contributed by atoms with Gasteiger partial charge in [0.05, 0.1) is 29.9 Å². The number of pyridine rings is 2. The highest BCUT2D eigenvalue weighted by Gasteiger charge is 2.20. The predicted molar refractivity (Wildman–Crippen MR) is 140 cm³/mol. The predicted octanol–water partition coefficient (Wildman–Crippen LogP) is 3.58. The van der Waals surface area contributed by atoms with Gasteiger partial charge in [0.25, 0.3) is 5.91 Å². The lowest BCUT2D eigenvalue weighted by atomic mass is 10.1. The standard InChI is InChI=1S/C28H24FN7O2/c29-22-15-20(6-7-21(22)28(38)31-16-26(37)35-12-1-2-13-35)24-9-10-25-27(32-24)36(34-33-25)17-18-5-8-23-19(14-18)4-3-11-30-23/h3-11,14-15H,1-2,12-13,16-17H2,(H,31,38). The van der Waals surface area contributed by atoms with E-state index in [1.54, 1.807) is 34.0 Å². The first kappa shape index (κ1) is 23.7. The van der Waals surface area contributed by atoms with Gasteiger partial charge in [-0.05, 0) is 60.9 Å². The Kier molecular flexibility index (Phi) is 6.20. The first-order valence-electron chi connectivity index (χ1n) is 12.4. The van der Waals surface area contributed by atoms with Gasteiger partial charge in [0.15, 0.2) is 5.65 Å². The smallest absolute Gasteiger partial charge is 0.254 e. The zero-order valence-corrected chi connectivity index (χ0v) is 20.5. The Bertz CT molecular complexity index is 1680. The van der Waals surface area contributed by atoms with Gasteiger partial charge in [-0.3, -0.25) is 14.6 Å². The number of rotatable bonds is 6. The van der Waals surface area contributed by atoms with E-state index in [1.165, 1.54) is 12.1 Å². The average Bonchev–Trinajstić information content (AvgIpc) is 3.62. The fourth-order valence-electron chi connectivity index (χ4n) is 4.71. The molecule has 10 heteroatoms. The molecule has 9 nitrogen and oxygen atoms in total. The van der Waals surface area contributed by atoms with Crippen molar-refractivity contribution < 1.29 is 14.0 Å². The van der Waals surface area contributed by atoms with Crippen LogP contribution in [-0.2, 0) is 11.3 Å². The Morgan fingerprint density at radius 3 is 2.66 bits per heavy atom. The normalized spacial score (nSPS) is 13.3. The van der Waals surface area contributed by atoms with Gasteiger partial charge in [-0.15, -0.1) is 5.10 Å². The summed E-state index contributed by atoms with van der Waals surface area (Å²) < 4.78 is 16.6. The highest BCUT2D eigenvalue weighted by molar-refractivity contribution is 5.97. The summed E-state index contributed by atoms with van der Waals surface area (Å²) in [5.41, 5.74) is 4.04. The molecule has 0 unspecified atom stereocenters. The van der Waals surface area contributed by atoms with E-state index in [-0.39, 0.29) is 18.0 Å². The maximum absolute atomic E-state index is 14.9. The van der Waals surface area contributed by atoms with Crippen molar-refractivity contribution in [1.82, 2.24) is 35.2 Å². The van der Waals surface area contributed by atoms with Crippen LogP contribution in [0.15, 0.2) is 66.9 Å². The van der Waals surface area contributed by atoms with Gasteiger partial charge in [-0.1, -0.05) is 23.4 Å². The van der Waals surface area contributed by atoms with Gasteiger partial charge < -0.3 is 10.2 Å². The van der Waals surface area contributed by atoms with Gasteiger partial charge >= 0.3 is 0 Å². The summed E-state index contributed by atoms with van der Waals surface area (Å²) in [5.74, 6) is -1.47. The van der Waals surface area contributed by atoms with E-state index >= 15 is 0 Å². The first-order chi connectivity index (χ1) is 18.5. The minimum absolute atomic E-state index is 0.124. The van der Waals surface area contributed by atoms with Crippen molar-refractivity contribution in [2.45, 2.75) is 19.4 Å². The zero-order chi connectivity index (χ0) is 26.1. The molecule has 6 rings (SSSR count). The van der Waals surface area contributed by atoms with Gasteiger partial charge in [0.1, 0.15) is 11.3 Å². The van der Waals surface area contributed by atoms with Crippen LogP contribution in [0.25, 0.3) is 33.3 Å². The number of hydrogen-bond acceptors (Lipinski definition) is 6. The first-order valence-corrected chi connectivity index (χ1v) is 12.4. The molecule has 1 aliphatic rings. The number of nitrogens with zero attached hydrogens (tertiary/aromatic N) is 6. The van der Waals surface area contributed by atoms with Crippen LogP contribution in [0.5, 0.6) is 0 Å². The number of carbonyl (C=O) groups is 2. The molecule has 38 heavy (non-hydrogen) atoms. The van der Waals surface area contributed by atoms with Crippen molar-refractivity contribution in [3.8, 4) is 11.3 Å². The number of aromatic nitrogens is 5. The molecule has 3 aromatic heterocycles. The Morgan fingerprint density at radius 1 is 0.974 bits per heavy atom. The summed E-state index contributed by atoms with van der Waals surface area (Å²) in [7, 11) is 0. The summed E-state index contributed by atoms with van der Waals surface area (Å²) >= 11 is 0. The number of carbonyl (C=O) groups excluding carboxylic acids is 2. The van der Waals surface area contributed by atoms with Crippen molar-refractivity contribution in [1.29, 1.82) is 0 Å². The molecule has 0 radical (unpaired) electrons. The van der Waals surface area contributed by atoms with E-state index in [2.05, 4.69) is 26.7 Å². The maximum Gasteiger partial charge on any atom is 0.254 e. The molecule has 0 atom stereocenters. The molecule has 190 valence electrons. The van der Waals surface area contributed by atoms with Crippen LogP contribution in [0.1, 0.15) is 28.8 Å². The molecule has 4 heterocycles. The van der Waals surface area contributed by atoms with Crippen LogP contribution in [0.3, 0.4) is 0 Å². The fourth-order valence-corrected chi connectivity index (χ4v) is 4.71. The number of nitrogens with one attached hydrogen (secondary N) is 1. The van der Waals surface area contributed by atoms with Gasteiger partial charge in [0.2, 0.25) is 5.91 Å². The molecule has 1 aliphatic heterocycles. The van der Waals surface area contributed by atoms with Crippen LogP contribution in [0, 0.1) is 5.82 Å². The zero-order valence-electron chi connectivity index (χ0n) is 20.5. The van der Waals surface area contributed by atoms with Crippen molar-refractivity contribution in [3.63, 3.8) is 0 Å². The molecule has 2 amide bonds. The Labute approximate surface area is 217 Å². The van der Waals surface area contributed by atoms with Crippen LogP contribution >= 0.6 is 0 Å². The SMILES string of the molecule is O=C(NCC(=O)N1CCCC1)c1ccc(-c2ccc3nnn(Cc4ccc5ncccc5c4)c3n2)cc1F. The number of amides is 2. The van der Waals surface area contributed by atoms with E-state index in [9.17, 15) is 14.0 Å². The van der Waals surface area contributed by atoms with E-state index in [1.807, 2.05) is 24.3 Å². The van der Waals surface area contributed by atoms with Gasteiger partial charge in [-0.25, -0.2) is 14.1 Å². The number of halogens is 1. The van der Waals surface area contributed by atoms with Gasteiger partial charge in [0, 0.05) is 30.2 Å². The molecule has 1 N–H and O–H groups in total. The molecular weight excluding hydrogens is 485 g/mol. The minimum atomic E-state index is -0.688. The summed E-state index contributed by atoms with van der Waals surface area (Å²) in [4.78, 5) is 35.4. The van der Waals surface area contributed by atoms with Crippen LogP contribution in [-0.4, -0.2) is 61.3 Å². The maximum atomic E-state index is 14.9. The molecule has 1 fully saturated rings. The van der Waals surface area contributed by atoms with E-state index in [0.29, 0.717) is 42.1 Å². The van der Waals surface area contributed by atoms with E-state index in [0.717, 1.165) is 29.3 Å². The summed E-state index contributed by atoms with van der Waals surface area (Å²) in [6.45, 7) is 1.71. The van der Waals surface area contributed by atoms with E-state index < -0.39 is 11.7 Å². The largest absolute Gasteiger partial charge is 0.343 e. The summed E-state index contributed by atoms with van der Waals surface area (Å²) in [6, 6.07) is 17.8. The van der Waals surface area contributed by atoms with Crippen molar-refractivity contribution in [2.75, 3.05) is 19.6 Å². The second-order valence-corrected chi connectivity index (χ2v) is 9.28. The second kappa shape index (κ2) is 9.97. The quantitative estimate of drug-likeness (QED) is 0.375. The van der Waals surface area contributed by atoms with Gasteiger partial charge in [-0.2, -0.15) is 0 Å². The number of hydrogen-bond donors (Lipinski definition) is 1. The third-order valence-electron chi connectivity index (χ3n) is 6.73. The van der Waals surface area contributed by atoms with Crippen molar-refractivity contribution >= 4 is 33.9 Å². The molecule has 0 spiro atoms. The lowest BCUT2D eigenvalue weighted by Crippen LogP contribution is -2.38. The average molecular weight is 510 g/mol. The third-order valence-corrected chi connectivity index (χ3v) is 6.73. The molecule has 0 bridgehead atoms.